The van der Waals surface area contributed by atoms with Crippen molar-refractivity contribution in [2.45, 2.75) is 37.8 Å². The van der Waals surface area contributed by atoms with Crippen molar-refractivity contribution in [1.82, 2.24) is 10.0 Å². The number of ether oxygens (including phenoxy) is 1. The number of hydrogen-bond donors (Lipinski definition) is 2. The van der Waals surface area contributed by atoms with E-state index in [2.05, 4.69) is 10.0 Å². The lowest BCUT2D eigenvalue weighted by Gasteiger charge is -2.12. The number of benzene rings is 2. The fourth-order valence-corrected chi connectivity index (χ4v) is 3.22. The molecule has 0 bridgehead atoms. The molecule has 0 spiro atoms. The molecule has 2 N–H and O–H groups in total. The van der Waals surface area contributed by atoms with E-state index in [0.717, 1.165) is 12.0 Å². The van der Waals surface area contributed by atoms with Gasteiger partial charge in [-0.05, 0) is 55.3 Å². The minimum absolute atomic E-state index is 0.110. The van der Waals surface area contributed by atoms with Crippen LogP contribution in [-0.2, 0) is 16.6 Å². The maximum Gasteiger partial charge on any atom is 0.251 e. The molecule has 0 unspecified atom stereocenters. The molecule has 7 heteroatoms. The Morgan fingerprint density at radius 2 is 1.69 bits per heavy atom. The van der Waals surface area contributed by atoms with Crippen molar-refractivity contribution in [3.63, 3.8) is 0 Å². The number of methoxy groups -OCH3 is 1. The molecule has 6 nitrogen and oxygen atoms in total. The van der Waals surface area contributed by atoms with Crippen LogP contribution in [0.15, 0.2) is 53.4 Å². The Balaban J connectivity index is 1.99. The molecule has 0 radical (unpaired) electrons. The van der Waals surface area contributed by atoms with Gasteiger partial charge in [0.15, 0.2) is 0 Å². The van der Waals surface area contributed by atoms with Crippen LogP contribution in [-0.4, -0.2) is 27.5 Å². The van der Waals surface area contributed by atoms with Gasteiger partial charge in [0.25, 0.3) is 5.91 Å². The van der Waals surface area contributed by atoms with Gasteiger partial charge in [-0.2, -0.15) is 0 Å². The average Bonchev–Trinajstić information content (AvgIpc) is 2.66. The third kappa shape index (κ3) is 5.31. The van der Waals surface area contributed by atoms with Crippen molar-refractivity contribution in [2.24, 2.45) is 0 Å². The Morgan fingerprint density at radius 3 is 2.23 bits per heavy atom. The third-order valence-electron chi connectivity index (χ3n) is 4.04. The van der Waals surface area contributed by atoms with Gasteiger partial charge in [-0.1, -0.05) is 19.1 Å². The highest BCUT2D eigenvalue weighted by molar-refractivity contribution is 7.89. The van der Waals surface area contributed by atoms with Gasteiger partial charge in [-0.25, -0.2) is 13.1 Å². The Kier molecular flexibility index (Phi) is 6.76. The van der Waals surface area contributed by atoms with Gasteiger partial charge in [-0.3, -0.25) is 4.79 Å². The summed E-state index contributed by atoms with van der Waals surface area (Å²) in [7, 11) is -2.09. The molecule has 0 aliphatic carbocycles. The number of hydrogen-bond acceptors (Lipinski definition) is 4. The first-order chi connectivity index (χ1) is 12.4. The normalized spacial score (nSPS) is 12.4. The van der Waals surface area contributed by atoms with Crippen LogP contribution in [0.25, 0.3) is 0 Å². The monoisotopic (exact) mass is 376 g/mol. The zero-order valence-electron chi connectivity index (χ0n) is 15.2. The summed E-state index contributed by atoms with van der Waals surface area (Å²) in [5.74, 6) is 0.458. The first-order valence-electron chi connectivity index (χ1n) is 8.39. The lowest BCUT2D eigenvalue weighted by Crippen LogP contribution is -2.31. The molecular formula is C19H24N2O4S. The van der Waals surface area contributed by atoms with E-state index in [-0.39, 0.29) is 23.4 Å². The molecule has 2 aromatic carbocycles. The minimum Gasteiger partial charge on any atom is -0.497 e. The van der Waals surface area contributed by atoms with Crippen LogP contribution < -0.4 is 14.8 Å². The third-order valence-corrected chi connectivity index (χ3v) is 5.46. The molecule has 0 aliphatic rings. The molecule has 0 saturated carbocycles. The van der Waals surface area contributed by atoms with E-state index < -0.39 is 10.0 Å². The van der Waals surface area contributed by atoms with Crippen molar-refractivity contribution in [1.29, 1.82) is 0 Å². The predicted molar refractivity (Wildman–Crippen MR) is 101 cm³/mol. The number of carbonyl (C=O) groups excluding carboxylic acids is 1. The zero-order chi connectivity index (χ0) is 19.2. The van der Waals surface area contributed by atoms with Crippen LogP contribution in [0.3, 0.4) is 0 Å². The molecule has 1 amide bonds. The Labute approximate surface area is 154 Å². The smallest absolute Gasteiger partial charge is 0.251 e. The zero-order valence-corrected chi connectivity index (χ0v) is 16.0. The van der Waals surface area contributed by atoms with Gasteiger partial charge < -0.3 is 10.1 Å². The summed E-state index contributed by atoms with van der Waals surface area (Å²) in [6.07, 6.45) is 0.858. The number of carbonyl (C=O) groups is 1. The fourth-order valence-electron chi connectivity index (χ4n) is 2.20. The average molecular weight is 376 g/mol. The van der Waals surface area contributed by atoms with Crippen LogP contribution in [0.2, 0.25) is 0 Å². The summed E-state index contributed by atoms with van der Waals surface area (Å²) >= 11 is 0. The predicted octanol–water partition coefficient (Wildman–Crippen LogP) is 2.70. The summed E-state index contributed by atoms with van der Waals surface area (Å²) in [5.41, 5.74) is 1.31. The molecule has 140 valence electrons. The van der Waals surface area contributed by atoms with E-state index in [4.69, 9.17) is 4.74 Å². The first-order valence-corrected chi connectivity index (χ1v) is 9.87. The van der Waals surface area contributed by atoms with Crippen LogP contribution in [0.4, 0.5) is 0 Å². The first kappa shape index (κ1) is 19.9. The van der Waals surface area contributed by atoms with Gasteiger partial charge in [0, 0.05) is 18.2 Å². The van der Waals surface area contributed by atoms with E-state index in [0.29, 0.717) is 11.3 Å². The largest absolute Gasteiger partial charge is 0.497 e. The van der Waals surface area contributed by atoms with E-state index in [1.807, 2.05) is 13.8 Å². The summed E-state index contributed by atoms with van der Waals surface area (Å²) in [5, 5.41) is 2.89. The minimum atomic E-state index is -3.61. The van der Waals surface area contributed by atoms with Crippen molar-refractivity contribution in [2.75, 3.05) is 7.11 Å². The molecule has 0 fully saturated rings. The van der Waals surface area contributed by atoms with Crippen molar-refractivity contribution in [3.8, 4) is 5.75 Å². The molecule has 1 atom stereocenters. The van der Waals surface area contributed by atoms with Gasteiger partial charge in [0.05, 0.1) is 12.0 Å². The van der Waals surface area contributed by atoms with Crippen molar-refractivity contribution < 1.29 is 17.9 Å². The second-order valence-corrected chi connectivity index (χ2v) is 7.75. The Bertz CT molecular complexity index is 831. The van der Waals surface area contributed by atoms with Crippen molar-refractivity contribution >= 4 is 15.9 Å². The Hall–Kier alpha value is -2.38. The molecular weight excluding hydrogens is 352 g/mol. The Morgan fingerprint density at radius 1 is 1.08 bits per heavy atom. The molecule has 0 heterocycles. The van der Waals surface area contributed by atoms with Gasteiger partial charge in [-0.15, -0.1) is 0 Å². The van der Waals surface area contributed by atoms with Gasteiger partial charge in [0.2, 0.25) is 10.0 Å². The number of sulfonamides is 1. The van der Waals surface area contributed by atoms with E-state index in [9.17, 15) is 13.2 Å². The second-order valence-electron chi connectivity index (χ2n) is 5.98. The highest BCUT2D eigenvalue weighted by atomic mass is 32.2. The molecule has 0 aliphatic heterocycles. The lowest BCUT2D eigenvalue weighted by molar-refractivity contribution is 0.0939. The second kappa shape index (κ2) is 8.82. The maximum atomic E-state index is 12.3. The number of amides is 1. The van der Waals surface area contributed by atoms with E-state index in [1.165, 1.54) is 19.2 Å². The van der Waals surface area contributed by atoms with Gasteiger partial charge in [0.1, 0.15) is 5.75 Å². The highest BCUT2D eigenvalue weighted by Gasteiger charge is 2.14. The van der Waals surface area contributed by atoms with E-state index in [1.54, 1.807) is 36.4 Å². The molecule has 0 aromatic heterocycles. The topological polar surface area (TPSA) is 84.5 Å². The highest BCUT2D eigenvalue weighted by Crippen LogP contribution is 2.15. The molecule has 0 saturated heterocycles. The maximum absolute atomic E-state index is 12.3. The summed E-state index contributed by atoms with van der Waals surface area (Å²) in [6.45, 7) is 4.09. The molecule has 2 aromatic rings. The van der Waals surface area contributed by atoms with Crippen LogP contribution in [0, 0.1) is 0 Å². The van der Waals surface area contributed by atoms with Gasteiger partial charge >= 0.3 is 0 Å². The fraction of sp³-hybridized carbons (Fsp3) is 0.316. The number of rotatable bonds is 8. The summed E-state index contributed by atoms with van der Waals surface area (Å²) in [6, 6.07) is 13.1. The van der Waals surface area contributed by atoms with Crippen LogP contribution in [0.1, 0.15) is 36.2 Å². The summed E-state index contributed by atoms with van der Waals surface area (Å²) in [4.78, 5) is 12.2. The standard InChI is InChI=1S/C19H24N2O4S/c1-4-14(2)21-19(22)16-7-5-15(6-8-16)13-20-26(23,24)18-11-9-17(25-3)10-12-18/h5-12,14,20H,4,13H2,1-3H3,(H,21,22)/t14-/m0/s1. The molecule has 2 rings (SSSR count). The van der Waals surface area contributed by atoms with Crippen molar-refractivity contribution in [3.05, 3.63) is 59.7 Å². The van der Waals surface area contributed by atoms with E-state index >= 15 is 0 Å². The molecule has 26 heavy (non-hydrogen) atoms. The number of nitrogens with one attached hydrogen (secondary N) is 2. The quantitative estimate of drug-likeness (QED) is 0.742. The van der Waals surface area contributed by atoms with Crippen LogP contribution in [0.5, 0.6) is 5.75 Å². The SMILES string of the molecule is CC[C@H](C)NC(=O)c1ccc(CNS(=O)(=O)c2ccc(OC)cc2)cc1. The summed E-state index contributed by atoms with van der Waals surface area (Å²) < 4.78 is 32.2. The lowest BCUT2D eigenvalue weighted by atomic mass is 10.1. The van der Waals surface area contributed by atoms with Crippen LogP contribution >= 0.6 is 0 Å².